The number of aryl methyl sites for hydroxylation is 1. The largest absolute Gasteiger partial charge is 0.381 e. The fourth-order valence-electron chi connectivity index (χ4n) is 5.44. The van der Waals surface area contributed by atoms with E-state index in [1.54, 1.807) is 12.3 Å². The van der Waals surface area contributed by atoms with Crippen LogP contribution in [0.1, 0.15) is 35.5 Å². The third-order valence-electron chi connectivity index (χ3n) is 7.32. The summed E-state index contributed by atoms with van der Waals surface area (Å²) in [7, 11) is 0. The smallest absolute Gasteiger partial charge is 0.344 e. The topological polar surface area (TPSA) is 70.9 Å². The summed E-state index contributed by atoms with van der Waals surface area (Å²) in [4.78, 5) is 31.3. The molecular formula is C25H33N5O3. The van der Waals surface area contributed by atoms with Crippen LogP contribution in [0.2, 0.25) is 0 Å². The Balaban J connectivity index is 1.25. The summed E-state index contributed by atoms with van der Waals surface area (Å²) < 4.78 is 6.95. The van der Waals surface area contributed by atoms with Crippen LogP contribution < -0.4 is 4.90 Å². The molecule has 0 N–H and O–H groups in total. The molecule has 8 heteroatoms. The summed E-state index contributed by atoms with van der Waals surface area (Å²) >= 11 is 0. The first-order valence-corrected chi connectivity index (χ1v) is 11.9. The minimum atomic E-state index is -0.170. The summed E-state index contributed by atoms with van der Waals surface area (Å²) in [6.07, 6.45) is 1.58. The lowest BCUT2D eigenvalue weighted by molar-refractivity contribution is 0.0965. The summed E-state index contributed by atoms with van der Waals surface area (Å²) in [5.41, 5.74) is 4.31. The molecule has 176 valence electrons. The Morgan fingerprint density at radius 2 is 1.85 bits per heavy atom. The highest BCUT2D eigenvalue weighted by Gasteiger charge is 2.38. The number of amides is 1. The van der Waals surface area contributed by atoms with Crippen molar-refractivity contribution in [1.82, 2.24) is 19.6 Å². The Morgan fingerprint density at radius 3 is 2.52 bits per heavy atom. The number of aromatic nitrogens is 2. The minimum absolute atomic E-state index is 0.0634. The molecule has 1 amide bonds. The monoisotopic (exact) mass is 451 g/mol. The van der Waals surface area contributed by atoms with E-state index in [1.165, 1.54) is 28.4 Å². The van der Waals surface area contributed by atoms with E-state index in [-0.39, 0.29) is 17.9 Å². The molecule has 1 aromatic heterocycles. The number of piperazine rings is 1. The van der Waals surface area contributed by atoms with Crippen molar-refractivity contribution in [2.24, 2.45) is 11.8 Å². The molecule has 3 saturated heterocycles. The van der Waals surface area contributed by atoms with Gasteiger partial charge >= 0.3 is 6.03 Å². The van der Waals surface area contributed by atoms with Crippen LogP contribution in [0, 0.1) is 18.8 Å². The van der Waals surface area contributed by atoms with Crippen LogP contribution in [0.3, 0.4) is 0 Å². The van der Waals surface area contributed by atoms with Gasteiger partial charge in [-0.25, -0.2) is 4.79 Å². The Kier molecular flexibility index (Phi) is 5.97. The Bertz CT molecular complexity index is 1040. The average Bonchev–Trinajstić information content (AvgIpc) is 3.51. The number of fused-ring (bicyclic) bond motifs is 1. The Labute approximate surface area is 195 Å². The summed E-state index contributed by atoms with van der Waals surface area (Å²) in [6.45, 7) is 12.8. The molecule has 8 nitrogen and oxygen atoms in total. The van der Waals surface area contributed by atoms with Crippen molar-refractivity contribution in [3.63, 3.8) is 0 Å². The molecule has 0 bridgehead atoms. The van der Waals surface area contributed by atoms with E-state index in [2.05, 4.69) is 46.9 Å². The van der Waals surface area contributed by atoms with Crippen LogP contribution in [0.15, 0.2) is 30.5 Å². The van der Waals surface area contributed by atoms with Crippen LogP contribution in [-0.4, -0.2) is 83.4 Å². The number of rotatable bonds is 4. The normalized spacial score (nSPS) is 25.5. The third kappa shape index (κ3) is 4.42. The fourth-order valence-corrected chi connectivity index (χ4v) is 5.44. The van der Waals surface area contributed by atoms with E-state index in [1.807, 2.05) is 4.90 Å². The van der Waals surface area contributed by atoms with Crippen LogP contribution in [0.4, 0.5) is 10.5 Å². The van der Waals surface area contributed by atoms with Crippen LogP contribution in [-0.2, 0) is 11.3 Å². The number of nitrogens with zero attached hydrogens (tertiary/aromatic N) is 5. The van der Waals surface area contributed by atoms with E-state index in [0.717, 1.165) is 45.9 Å². The first-order chi connectivity index (χ1) is 15.9. The fraction of sp³-hybridized carbons (Fsp3) is 0.560. The molecule has 33 heavy (non-hydrogen) atoms. The van der Waals surface area contributed by atoms with Gasteiger partial charge < -0.3 is 14.5 Å². The molecule has 3 atom stereocenters. The minimum Gasteiger partial charge on any atom is -0.381 e. The van der Waals surface area contributed by atoms with Gasteiger partial charge in [0, 0.05) is 76.0 Å². The van der Waals surface area contributed by atoms with Gasteiger partial charge in [-0.2, -0.15) is 9.78 Å². The lowest BCUT2D eigenvalue weighted by Gasteiger charge is -2.40. The number of benzene rings is 1. The second-order valence-electron chi connectivity index (χ2n) is 9.86. The van der Waals surface area contributed by atoms with Crippen molar-refractivity contribution < 1.29 is 14.3 Å². The van der Waals surface area contributed by atoms with Gasteiger partial charge in [-0.15, -0.1) is 0 Å². The highest BCUT2D eigenvalue weighted by atomic mass is 16.5. The number of hydrogen-bond acceptors (Lipinski definition) is 6. The molecule has 3 fully saturated rings. The lowest BCUT2D eigenvalue weighted by atomic mass is 10.0. The van der Waals surface area contributed by atoms with E-state index < -0.39 is 0 Å². The maximum Gasteiger partial charge on any atom is 0.344 e. The van der Waals surface area contributed by atoms with Gasteiger partial charge in [0.05, 0.1) is 13.2 Å². The maximum atomic E-state index is 13.0. The molecule has 1 aromatic carbocycles. The SMILES string of the molecule is CC(=O)c1ccn(C(=O)N2CCN(Cc3ccc(C)cc3N3CC4COCC4C3)C[C@H]2C)n1. The molecule has 3 aliphatic heterocycles. The molecule has 2 unspecified atom stereocenters. The van der Waals surface area contributed by atoms with Crippen molar-refractivity contribution in [3.8, 4) is 0 Å². The molecular weight excluding hydrogens is 418 g/mol. The zero-order valence-electron chi connectivity index (χ0n) is 19.7. The Hall–Kier alpha value is -2.71. The van der Waals surface area contributed by atoms with E-state index in [9.17, 15) is 9.59 Å². The lowest BCUT2D eigenvalue weighted by Crippen LogP contribution is -2.54. The predicted octanol–water partition coefficient (Wildman–Crippen LogP) is 2.65. The number of ketones is 1. The second kappa shape index (κ2) is 8.91. The summed E-state index contributed by atoms with van der Waals surface area (Å²) in [6, 6.07) is 8.28. The van der Waals surface area contributed by atoms with Crippen molar-refractivity contribution in [1.29, 1.82) is 0 Å². The molecule has 5 rings (SSSR count). The van der Waals surface area contributed by atoms with Gasteiger partial charge in [-0.05, 0) is 37.1 Å². The number of carbonyl (C=O) groups excluding carboxylic acids is 2. The number of Topliss-reactive ketones (excluding diaryl/α,β-unsaturated/α-hetero) is 1. The van der Waals surface area contributed by atoms with Crippen molar-refractivity contribution >= 4 is 17.5 Å². The van der Waals surface area contributed by atoms with Gasteiger partial charge in [0.25, 0.3) is 0 Å². The molecule has 0 radical (unpaired) electrons. The molecule has 3 aliphatic rings. The van der Waals surface area contributed by atoms with E-state index in [4.69, 9.17) is 4.74 Å². The quantitative estimate of drug-likeness (QED) is 0.666. The van der Waals surface area contributed by atoms with Gasteiger partial charge in [-0.1, -0.05) is 12.1 Å². The van der Waals surface area contributed by atoms with Crippen LogP contribution in [0.25, 0.3) is 0 Å². The number of hydrogen-bond donors (Lipinski definition) is 0. The van der Waals surface area contributed by atoms with Crippen molar-refractivity contribution in [2.75, 3.05) is 50.8 Å². The zero-order valence-corrected chi connectivity index (χ0v) is 19.7. The van der Waals surface area contributed by atoms with E-state index in [0.29, 0.717) is 24.1 Å². The summed E-state index contributed by atoms with van der Waals surface area (Å²) in [5, 5.41) is 4.14. The average molecular weight is 452 g/mol. The van der Waals surface area contributed by atoms with Crippen LogP contribution in [0.5, 0.6) is 0 Å². The van der Waals surface area contributed by atoms with E-state index >= 15 is 0 Å². The van der Waals surface area contributed by atoms with Gasteiger partial charge in [0.15, 0.2) is 5.78 Å². The van der Waals surface area contributed by atoms with Gasteiger partial charge in [0.1, 0.15) is 5.69 Å². The molecule has 0 saturated carbocycles. The summed E-state index contributed by atoms with van der Waals surface area (Å²) in [5.74, 6) is 1.17. The number of anilines is 1. The van der Waals surface area contributed by atoms with Gasteiger partial charge in [-0.3, -0.25) is 9.69 Å². The van der Waals surface area contributed by atoms with Crippen molar-refractivity contribution in [2.45, 2.75) is 33.4 Å². The van der Waals surface area contributed by atoms with Gasteiger partial charge in [0.2, 0.25) is 0 Å². The second-order valence-corrected chi connectivity index (χ2v) is 9.86. The first kappa shape index (κ1) is 22.1. The molecule has 4 heterocycles. The maximum absolute atomic E-state index is 13.0. The molecule has 2 aromatic rings. The standard InChI is InChI=1S/C25H33N5O3/c1-17-4-5-20(24(10-17)28-13-21-15-33-16-22(21)14-28)12-27-8-9-29(18(2)11-27)25(32)30-7-6-23(26-30)19(3)31/h4-7,10,18,21-22H,8-9,11-16H2,1-3H3/t18-,21?,22?/m1/s1. The highest BCUT2D eigenvalue weighted by Crippen LogP contribution is 2.35. The molecule has 0 spiro atoms. The molecule has 0 aliphatic carbocycles. The third-order valence-corrected chi connectivity index (χ3v) is 7.32. The number of ether oxygens (including phenoxy) is 1. The Morgan fingerprint density at radius 1 is 1.09 bits per heavy atom. The highest BCUT2D eigenvalue weighted by molar-refractivity contribution is 5.92. The van der Waals surface area contributed by atoms with Crippen LogP contribution >= 0.6 is 0 Å². The van der Waals surface area contributed by atoms with Crippen molar-refractivity contribution in [3.05, 3.63) is 47.3 Å². The predicted molar refractivity (Wildman–Crippen MR) is 126 cm³/mol. The zero-order chi connectivity index (χ0) is 23.1. The first-order valence-electron chi connectivity index (χ1n) is 11.9. The number of carbonyl (C=O) groups is 2.